The van der Waals surface area contributed by atoms with Crippen LogP contribution in [0.5, 0.6) is 0 Å². The number of nitro benzene ring substituents is 1. The number of carbonyl (C=O) groups excluding carboxylic acids is 1. The quantitative estimate of drug-likeness (QED) is 0.659. The molecule has 102 valence electrons. The van der Waals surface area contributed by atoms with Crippen LogP contribution in [0, 0.1) is 16.0 Å². The van der Waals surface area contributed by atoms with Gasteiger partial charge in [0.25, 0.3) is 5.69 Å². The Kier molecular flexibility index (Phi) is 4.49. The Bertz CT molecular complexity index is 501. The van der Waals surface area contributed by atoms with E-state index in [1.54, 1.807) is 0 Å². The van der Waals surface area contributed by atoms with E-state index in [4.69, 9.17) is 0 Å². The van der Waals surface area contributed by atoms with Gasteiger partial charge in [0.05, 0.1) is 16.5 Å². The van der Waals surface area contributed by atoms with Crippen molar-refractivity contribution in [3.63, 3.8) is 0 Å². The average molecular weight is 328 g/mol. The lowest BCUT2D eigenvalue weighted by Gasteiger charge is -2.22. The molecule has 1 heterocycles. The van der Waals surface area contributed by atoms with Gasteiger partial charge in [0.1, 0.15) is 0 Å². The van der Waals surface area contributed by atoms with Gasteiger partial charge in [-0.15, -0.1) is 0 Å². The monoisotopic (exact) mass is 327 g/mol. The molecule has 0 aromatic heterocycles. The summed E-state index contributed by atoms with van der Waals surface area (Å²) in [6, 6.07) is 4.30. The molecule has 2 N–H and O–H groups in total. The largest absolute Gasteiger partial charge is 0.325 e. The second-order valence-corrected chi connectivity index (χ2v) is 5.31. The zero-order valence-electron chi connectivity index (χ0n) is 10.2. The number of carbonyl (C=O) groups is 1. The van der Waals surface area contributed by atoms with Gasteiger partial charge < -0.3 is 10.6 Å². The fourth-order valence-electron chi connectivity index (χ4n) is 2.03. The number of anilines is 1. The van der Waals surface area contributed by atoms with Gasteiger partial charge in [0.15, 0.2) is 0 Å². The lowest BCUT2D eigenvalue weighted by molar-refractivity contribution is -0.384. The number of hydrogen-bond acceptors (Lipinski definition) is 4. The molecule has 1 saturated heterocycles. The van der Waals surface area contributed by atoms with Crippen molar-refractivity contribution >= 4 is 33.2 Å². The molecule has 7 heteroatoms. The van der Waals surface area contributed by atoms with Gasteiger partial charge in [-0.05, 0) is 41.4 Å². The van der Waals surface area contributed by atoms with Gasteiger partial charge in [0, 0.05) is 23.2 Å². The van der Waals surface area contributed by atoms with Crippen LogP contribution in [-0.4, -0.2) is 23.9 Å². The van der Waals surface area contributed by atoms with Gasteiger partial charge in [-0.25, -0.2) is 0 Å². The number of hydrogen-bond donors (Lipinski definition) is 2. The Labute approximate surface area is 118 Å². The molecule has 0 radical (unpaired) electrons. The number of nitrogens with zero attached hydrogens (tertiary/aromatic N) is 1. The van der Waals surface area contributed by atoms with E-state index < -0.39 is 4.92 Å². The molecule has 0 unspecified atom stereocenters. The Morgan fingerprint density at radius 1 is 1.53 bits per heavy atom. The number of amides is 1. The molecule has 1 aromatic rings. The first-order chi connectivity index (χ1) is 9.08. The number of halogens is 1. The third-order valence-corrected chi connectivity index (χ3v) is 3.75. The zero-order valence-corrected chi connectivity index (χ0v) is 11.8. The number of benzene rings is 1. The summed E-state index contributed by atoms with van der Waals surface area (Å²) in [5, 5.41) is 16.6. The van der Waals surface area contributed by atoms with Crippen LogP contribution in [0.4, 0.5) is 11.4 Å². The number of nitro groups is 1. The fourth-order valence-corrected chi connectivity index (χ4v) is 2.50. The minimum Gasteiger partial charge on any atom is -0.325 e. The summed E-state index contributed by atoms with van der Waals surface area (Å²) in [7, 11) is 0. The normalized spacial score (nSPS) is 18.9. The predicted octanol–water partition coefficient (Wildman–Crippen LogP) is 2.30. The Hall–Kier alpha value is -1.47. The number of rotatable bonds is 3. The SMILES string of the molecule is O=C(Nc1ccc([N+](=O)[O-])cc1Br)[C@H]1CCCNC1. The van der Waals surface area contributed by atoms with Gasteiger partial charge in [-0.3, -0.25) is 14.9 Å². The average Bonchev–Trinajstić information content (AvgIpc) is 2.41. The number of non-ortho nitro benzene ring substituents is 1. The van der Waals surface area contributed by atoms with Crippen LogP contribution in [0.25, 0.3) is 0 Å². The molecular formula is C12H14BrN3O3. The summed E-state index contributed by atoms with van der Waals surface area (Å²) in [5.41, 5.74) is 0.547. The van der Waals surface area contributed by atoms with Crippen LogP contribution < -0.4 is 10.6 Å². The maximum absolute atomic E-state index is 12.0. The first kappa shape index (κ1) is 14.0. The third-order valence-electron chi connectivity index (χ3n) is 3.09. The first-order valence-electron chi connectivity index (χ1n) is 6.03. The second-order valence-electron chi connectivity index (χ2n) is 4.45. The lowest BCUT2D eigenvalue weighted by Crippen LogP contribution is -2.37. The van der Waals surface area contributed by atoms with E-state index in [9.17, 15) is 14.9 Å². The molecule has 1 aliphatic heterocycles. The summed E-state index contributed by atoms with van der Waals surface area (Å²) in [5.74, 6) is -0.0994. The molecule has 0 spiro atoms. The van der Waals surface area contributed by atoms with Crippen LogP contribution in [-0.2, 0) is 4.79 Å². The molecule has 19 heavy (non-hydrogen) atoms. The summed E-state index contributed by atoms with van der Waals surface area (Å²) in [6.45, 7) is 1.63. The van der Waals surface area contributed by atoms with E-state index in [0.717, 1.165) is 19.4 Å². The van der Waals surface area contributed by atoms with Gasteiger partial charge >= 0.3 is 0 Å². The molecule has 1 aromatic carbocycles. The van der Waals surface area contributed by atoms with E-state index in [-0.39, 0.29) is 17.5 Å². The highest BCUT2D eigenvalue weighted by Gasteiger charge is 2.21. The van der Waals surface area contributed by atoms with Gasteiger partial charge in [0.2, 0.25) is 5.91 Å². The molecule has 1 atom stereocenters. The summed E-state index contributed by atoms with van der Waals surface area (Å²) < 4.78 is 0.513. The van der Waals surface area contributed by atoms with Crippen LogP contribution in [0.2, 0.25) is 0 Å². The Morgan fingerprint density at radius 3 is 2.89 bits per heavy atom. The first-order valence-corrected chi connectivity index (χ1v) is 6.83. The van der Waals surface area contributed by atoms with Crippen molar-refractivity contribution in [3.05, 3.63) is 32.8 Å². The molecule has 0 bridgehead atoms. The van der Waals surface area contributed by atoms with Crippen molar-refractivity contribution in [2.24, 2.45) is 5.92 Å². The van der Waals surface area contributed by atoms with E-state index in [1.165, 1.54) is 18.2 Å². The molecule has 2 rings (SSSR count). The molecule has 1 amide bonds. The maximum atomic E-state index is 12.0. The van der Waals surface area contributed by atoms with Crippen LogP contribution >= 0.6 is 15.9 Å². The van der Waals surface area contributed by atoms with Crippen molar-refractivity contribution < 1.29 is 9.72 Å². The van der Waals surface area contributed by atoms with E-state index in [2.05, 4.69) is 26.6 Å². The molecule has 1 aliphatic rings. The van der Waals surface area contributed by atoms with E-state index in [0.29, 0.717) is 16.7 Å². The molecule has 6 nitrogen and oxygen atoms in total. The van der Waals surface area contributed by atoms with E-state index in [1.807, 2.05) is 0 Å². The molecule has 1 fully saturated rings. The number of nitrogens with one attached hydrogen (secondary N) is 2. The van der Waals surface area contributed by atoms with E-state index >= 15 is 0 Å². The van der Waals surface area contributed by atoms with Crippen molar-refractivity contribution in [3.8, 4) is 0 Å². The van der Waals surface area contributed by atoms with Gasteiger partial charge in [-0.2, -0.15) is 0 Å². The molecule has 0 saturated carbocycles. The standard InChI is InChI=1S/C12H14BrN3O3/c13-10-6-9(16(18)19)3-4-11(10)15-12(17)8-2-1-5-14-7-8/h3-4,6,8,14H,1-2,5,7H2,(H,15,17)/t8-/m0/s1. The highest BCUT2D eigenvalue weighted by Crippen LogP contribution is 2.27. The third kappa shape index (κ3) is 3.51. The topological polar surface area (TPSA) is 84.3 Å². The lowest BCUT2D eigenvalue weighted by atomic mass is 9.99. The van der Waals surface area contributed by atoms with Crippen molar-refractivity contribution in [2.45, 2.75) is 12.8 Å². The Morgan fingerprint density at radius 2 is 2.32 bits per heavy atom. The second kappa shape index (κ2) is 6.12. The van der Waals surface area contributed by atoms with Crippen molar-refractivity contribution in [2.75, 3.05) is 18.4 Å². The van der Waals surface area contributed by atoms with Crippen molar-refractivity contribution in [1.82, 2.24) is 5.32 Å². The predicted molar refractivity (Wildman–Crippen MR) is 75.0 cm³/mol. The van der Waals surface area contributed by atoms with Crippen molar-refractivity contribution in [1.29, 1.82) is 0 Å². The highest BCUT2D eigenvalue weighted by atomic mass is 79.9. The van der Waals surface area contributed by atoms with Crippen LogP contribution in [0.1, 0.15) is 12.8 Å². The molecular weight excluding hydrogens is 314 g/mol. The minimum absolute atomic E-state index is 0.00999. The highest BCUT2D eigenvalue weighted by molar-refractivity contribution is 9.10. The summed E-state index contributed by atoms with van der Waals surface area (Å²) in [6.07, 6.45) is 1.85. The van der Waals surface area contributed by atoms with Crippen LogP contribution in [0.3, 0.4) is 0 Å². The van der Waals surface area contributed by atoms with Gasteiger partial charge in [-0.1, -0.05) is 0 Å². The summed E-state index contributed by atoms with van der Waals surface area (Å²) in [4.78, 5) is 22.2. The number of piperidine rings is 1. The molecule has 0 aliphatic carbocycles. The maximum Gasteiger partial charge on any atom is 0.270 e. The van der Waals surface area contributed by atoms with Crippen LogP contribution in [0.15, 0.2) is 22.7 Å². The minimum atomic E-state index is -0.471. The zero-order chi connectivity index (χ0) is 13.8. The summed E-state index contributed by atoms with van der Waals surface area (Å²) >= 11 is 3.23. The fraction of sp³-hybridized carbons (Fsp3) is 0.417. The Balaban J connectivity index is 2.06. The smallest absolute Gasteiger partial charge is 0.270 e.